The van der Waals surface area contributed by atoms with Crippen molar-refractivity contribution in [3.8, 4) is 0 Å². The topological polar surface area (TPSA) is 41.4 Å². The minimum Gasteiger partial charge on any atom is -0.332 e. The van der Waals surface area contributed by atoms with Crippen molar-refractivity contribution in [1.82, 2.24) is 19.6 Å². The van der Waals surface area contributed by atoms with Crippen molar-refractivity contribution >= 4 is 5.91 Å². The molecule has 8 heteroatoms. The summed E-state index contributed by atoms with van der Waals surface area (Å²) in [5.41, 5.74) is 0. The maximum Gasteiger partial charge on any atom is 0.406 e. The van der Waals surface area contributed by atoms with Crippen LogP contribution in [-0.2, 0) is 4.79 Å². The Labute approximate surface area is 113 Å². The van der Waals surface area contributed by atoms with Gasteiger partial charge in [0, 0.05) is 32.0 Å². The number of carbonyl (C=O) groups excluding carboxylic acids is 1. The molecule has 110 valence electrons. The molecule has 0 bridgehead atoms. The van der Waals surface area contributed by atoms with Crippen LogP contribution in [0.15, 0.2) is 18.5 Å². The molecule has 20 heavy (non-hydrogen) atoms. The molecule has 0 N–H and O–H groups in total. The van der Waals surface area contributed by atoms with Gasteiger partial charge in [0.2, 0.25) is 5.91 Å². The molecule has 2 saturated heterocycles. The number of hydrogen-bond donors (Lipinski definition) is 0. The SMILES string of the molecule is O=C1C(N2CC(n3cccn3)C2)CCN1CC(F)(F)F. The van der Waals surface area contributed by atoms with Gasteiger partial charge in [-0.15, -0.1) is 0 Å². The van der Waals surface area contributed by atoms with E-state index in [0.29, 0.717) is 19.5 Å². The summed E-state index contributed by atoms with van der Waals surface area (Å²) >= 11 is 0. The Hall–Kier alpha value is -1.57. The maximum absolute atomic E-state index is 12.3. The number of aromatic nitrogens is 2. The van der Waals surface area contributed by atoms with Crippen LogP contribution in [0.4, 0.5) is 13.2 Å². The summed E-state index contributed by atoms with van der Waals surface area (Å²) in [7, 11) is 0. The van der Waals surface area contributed by atoms with Crippen LogP contribution in [0.1, 0.15) is 12.5 Å². The predicted molar refractivity (Wildman–Crippen MR) is 63.9 cm³/mol. The van der Waals surface area contributed by atoms with Crippen LogP contribution >= 0.6 is 0 Å². The summed E-state index contributed by atoms with van der Waals surface area (Å²) in [6.45, 7) is 0.376. The molecule has 3 rings (SSSR count). The molecule has 1 unspecified atom stereocenters. The highest BCUT2D eigenvalue weighted by molar-refractivity contribution is 5.84. The molecule has 2 aliphatic heterocycles. The zero-order valence-electron chi connectivity index (χ0n) is 10.8. The number of amides is 1. The number of carbonyl (C=O) groups is 1. The predicted octanol–water partition coefficient (Wildman–Crippen LogP) is 0.903. The van der Waals surface area contributed by atoms with E-state index in [4.69, 9.17) is 0 Å². The Kier molecular flexibility index (Phi) is 3.19. The third-order valence-corrected chi connectivity index (χ3v) is 3.87. The number of likely N-dealkylation sites (tertiary alicyclic amines) is 2. The number of halogens is 3. The zero-order valence-corrected chi connectivity index (χ0v) is 10.8. The highest BCUT2D eigenvalue weighted by Gasteiger charge is 2.44. The highest BCUT2D eigenvalue weighted by atomic mass is 19.4. The maximum atomic E-state index is 12.3. The second kappa shape index (κ2) is 4.76. The molecule has 0 spiro atoms. The Morgan fingerprint density at radius 2 is 2.10 bits per heavy atom. The van der Waals surface area contributed by atoms with Crippen LogP contribution in [0.25, 0.3) is 0 Å². The fourth-order valence-corrected chi connectivity index (χ4v) is 2.84. The first-order chi connectivity index (χ1) is 9.44. The standard InChI is InChI=1S/C12H15F3N4O/c13-12(14,15)8-17-5-2-10(11(17)20)18-6-9(7-18)19-4-1-3-16-19/h1,3-4,9-10H,2,5-8H2. The number of hydrogen-bond acceptors (Lipinski definition) is 3. The van der Waals surface area contributed by atoms with Gasteiger partial charge < -0.3 is 4.90 Å². The first-order valence-corrected chi connectivity index (χ1v) is 6.53. The van der Waals surface area contributed by atoms with E-state index < -0.39 is 24.7 Å². The quantitative estimate of drug-likeness (QED) is 0.830. The number of alkyl halides is 3. The average Bonchev–Trinajstić information content (AvgIpc) is 2.90. The second-order valence-corrected chi connectivity index (χ2v) is 5.27. The van der Waals surface area contributed by atoms with Gasteiger partial charge in [-0.2, -0.15) is 18.3 Å². The van der Waals surface area contributed by atoms with Crippen molar-refractivity contribution < 1.29 is 18.0 Å². The van der Waals surface area contributed by atoms with E-state index in [1.165, 1.54) is 0 Å². The molecule has 3 heterocycles. The molecule has 0 aliphatic carbocycles. The van der Waals surface area contributed by atoms with Gasteiger partial charge in [-0.25, -0.2) is 0 Å². The van der Waals surface area contributed by atoms with Gasteiger partial charge >= 0.3 is 6.18 Å². The Morgan fingerprint density at radius 3 is 2.70 bits per heavy atom. The fraction of sp³-hybridized carbons (Fsp3) is 0.667. The monoisotopic (exact) mass is 288 g/mol. The molecular formula is C12H15F3N4O. The molecule has 0 radical (unpaired) electrons. The molecule has 0 saturated carbocycles. The molecular weight excluding hydrogens is 273 g/mol. The van der Waals surface area contributed by atoms with Crippen LogP contribution in [0.2, 0.25) is 0 Å². The van der Waals surface area contributed by atoms with Crippen molar-refractivity contribution in [2.24, 2.45) is 0 Å². The summed E-state index contributed by atoms with van der Waals surface area (Å²) in [5.74, 6) is -0.402. The van der Waals surface area contributed by atoms with Crippen molar-refractivity contribution in [3.05, 3.63) is 18.5 Å². The van der Waals surface area contributed by atoms with Crippen LogP contribution in [0.3, 0.4) is 0 Å². The average molecular weight is 288 g/mol. The van der Waals surface area contributed by atoms with Crippen molar-refractivity contribution in [2.75, 3.05) is 26.2 Å². The van der Waals surface area contributed by atoms with Crippen molar-refractivity contribution in [1.29, 1.82) is 0 Å². The Morgan fingerprint density at radius 1 is 1.35 bits per heavy atom. The normalized spacial score (nSPS) is 25.2. The van der Waals surface area contributed by atoms with E-state index in [1.54, 1.807) is 6.20 Å². The van der Waals surface area contributed by atoms with E-state index in [9.17, 15) is 18.0 Å². The fourth-order valence-electron chi connectivity index (χ4n) is 2.84. The third kappa shape index (κ3) is 2.52. The molecule has 2 fully saturated rings. The molecule has 5 nitrogen and oxygen atoms in total. The van der Waals surface area contributed by atoms with E-state index in [0.717, 1.165) is 4.90 Å². The number of rotatable bonds is 3. The van der Waals surface area contributed by atoms with Crippen LogP contribution in [0, 0.1) is 0 Å². The zero-order chi connectivity index (χ0) is 14.3. The second-order valence-electron chi connectivity index (χ2n) is 5.27. The lowest BCUT2D eigenvalue weighted by Gasteiger charge is -2.42. The summed E-state index contributed by atoms with van der Waals surface area (Å²) in [6, 6.07) is 1.65. The van der Waals surface area contributed by atoms with E-state index in [-0.39, 0.29) is 12.6 Å². The van der Waals surface area contributed by atoms with Crippen LogP contribution < -0.4 is 0 Å². The van der Waals surface area contributed by atoms with E-state index >= 15 is 0 Å². The van der Waals surface area contributed by atoms with Gasteiger partial charge in [0.15, 0.2) is 0 Å². The van der Waals surface area contributed by atoms with Gasteiger partial charge in [0.05, 0.1) is 12.1 Å². The molecule has 1 aromatic heterocycles. The van der Waals surface area contributed by atoms with Gasteiger partial charge in [-0.3, -0.25) is 14.4 Å². The minimum absolute atomic E-state index is 0.186. The van der Waals surface area contributed by atoms with Crippen LogP contribution in [0.5, 0.6) is 0 Å². The van der Waals surface area contributed by atoms with Gasteiger partial charge in [-0.1, -0.05) is 0 Å². The largest absolute Gasteiger partial charge is 0.406 e. The molecule has 2 aliphatic rings. The lowest BCUT2D eigenvalue weighted by atomic mass is 10.0. The van der Waals surface area contributed by atoms with Crippen molar-refractivity contribution in [2.45, 2.75) is 24.7 Å². The van der Waals surface area contributed by atoms with E-state index in [2.05, 4.69) is 5.10 Å². The van der Waals surface area contributed by atoms with Crippen molar-refractivity contribution in [3.63, 3.8) is 0 Å². The molecule has 0 aromatic carbocycles. The lowest BCUT2D eigenvalue weighted by Crippen LogP contribution is -2.55. The van der Waals surface area contributed by atoms with Gasteiger partial charge in [0.25, 0.3) is 0 Å². The van der Waals surface area contributed by atoms with E-state index in [1.807, 2.05) is 21.8 Å². The minimum atomic E-state index is -4.32. The smallest absolute Gasteiger partial charge is 0.332 e. The summed E-state index contributed by atoms with van der Waals surface area (Å²) in [6.07, 6.45) is -0.305. The number of nitrogens with zero attached hydrogens (tertiary/aromatic N) is 4. The van der Waals surface area contributed by atoms with Gasteiger partial charge in [0.1, 0.15) is 6.54 Å². The lowest BCUT2D eigenvalue weighted by molar-refractivity contribution is -0.159. The molecule has 1 aromatic rings. The summed E-state index contributed by atoms with van der Waals surface area (Å²) < 4.78 is 38.8. The Balaban J connectivity index is 1.54. The Bertz CT molecular complexity index is 481. The first-order valence-electron chi connectivity index (χ1n) is 6.53. The third-order valence-electron chi connectivity index (χ3n) is 3.87. The van der Waals surface area contributed by atoms with Gasteiger partial charge in [-0.05, 0) is 12.5 Å². The summed E-state index contributed by atoms with van der Waals surface area (Å²) in [5, 5.41) is 4.13. The highest BCUT2D eigenvalue weighted by Crippen LogP contribution is 2.29. The molecule has 1 atom stereocenters. The molecule has 1 amide bonds. The van der Waals surface area contributed by atoms with Crippen LogP contribution in [-0.4, -0.2) is 63.9 Å². The summed E-state index contributed by atoms with van der Waals surface area (Å²) in [4.78, 5) is 14.8. The first kappa shape index (κ1) is 13.4.